The number of hydrogen-bond acceptors (Lipinski definition) is 3. The average molecular weight is 293 g/mol. The SMILES string of the molecule is CCCN(CCC(=O)O)C(=O)c1ccc(OC(C)C)cc1. The van der Waals surface area contributed by atoms with Crippen LogP contribution >= 0.6 is 0 Å². The summed E-state index contributed by atoms with van der Waals surface area (Å²) in [6.45, 7) is 6.62. The predicted molar refractivity (Wildman–Crippen MR) is 80.7 cm³/mol. The molecule has 1 aromatic carbocycles. The zero-order chi connectivity index (χ0) is 15.8. The molecule has 0 saturated carbocycles. The Morgan fingerprint density at radius 2 is 1.81 bits per heavy atom. The van der Waals surface area contributed by atoms with E-state index in [9.17, 15) is 9.59 Å². The van der Waals surface area contributed by atoms with Gasteiger partial charge in [0.25, 0.3) is 5.91 Å². The van der Waals surface area contributed by atoms with Crippen LogP contribution in [0.2, 0.25) is 0 Å². The molecule has 0 atom stereocenters. The van der Waals surface area contributed by atoms with E-state index >= 15 is 0 Å². The van der Waals surface area contributed by atoms with Gasteiger partial charge in [0.1, 0.15) is 5.75 Å². The number of rotatable bonds is 8. The molecule has 0 aliphatic rings. The quantitative estimate of drug-likeness (QED) is 0.800. The molecular weight excluding hydrogens is 270 g/mol. The maximum Gasteiger partial charge on any atom is 0.305 e. The molecule has 21 heavy (non-hydrogen) atoms. The molecule has 0 unspecified atom stereocenters. The minimum atomic E-state index is -0.899. The van der Waals surface area contributed by atoms with Crippen LogP contribution in [0.1, 0.15) is 44.0 Å². The van der Waals surface area contributed by atoms with Crippen molar-refractivity contribution in [1.29, 1.82) is 0 Å². The van der Waals surface area contributed by atoms with Gasteiger partial charge in [-0.15, -0.1) is 0 Å². The molecule has 5 nitrogen and oxygen atoms in total. The molecule has 116 valence electrons. The first-order chi connectivity index (χ1) is 9.93. The van der Waals surface area contributed by atoms with Crippen LogP contribution in [0.3, 0.4) is 0 Å². The summed E-state index contributed by atoms with van der Waals surface area (Å²) in [5, 5.41) is 8.75. The fraction of sp³-hybridized carbons (Fsp3) is 0.500. The second-order valence-electron chi connectivity index (χ2n) is 5.13. The van der Waals surface area contributed by atoms with E-state index in [2.05, 4.69) is 0 Å². The summed E-state index contributed by atoms with van der Waals surface area (Å²) in [4.78, 5) is 24.6. The topological polar surface area (TPSA) is 66.8 Å². The normalized spacial score (nSPS) is 10.5. The van der Waals surface area contributed by atoms with Crippen molar-refractivity contribution in [2.24, 2.45) is 0 Å². The number of carbonyl (C=O) groups is 2. The molecule has 0 aliphatic carbocycles. The maximum atomic E-state index is 12.4. The summed E-state index contributed by atoms with van der Waals surface area (Å²) in [6.07, 6.45) is 0.832. The number of ether oxygens (including phenoxy) is 1. The number of carbonyl (C=O) groups excluding carboxylic acids is 1. The molecule has 0 aliphatic heterocycles. The molecule has 1 amide bonds. The molecule has 0 bridgehead atoms. The van der Waals surface area contributed by atoms with Crippen molar-refractivity contribution in [3.05, 3.63) is 29.8 Å². The van der Waals surface area contributed by atoms with Crippen LogP contribution in [0.5, 0.6) is 5.75 Å². The molecule has 1 N–H and O–H groups in total. The summed E-state index contributed by atoms with van der Waals surface area (Å²) in [5.41, 5.74) is 0.546. The fourth-order valence-electron chi connectivity index (χ4n) is 1.95. The van der Waals surface area contributed by atoms with Gasteiger partial charge in [-0.05, 0) is 44.5 Å². The number of carboxylic acids is 1. The van der Waals surface area contributed by atoms with Gasteiger partial charge in [-0.1, -0.05) is 6.92 Å². The van der Waals surface area contributed by atoms with Gasteiger partial charge in [0.15, 0.2) is 0 Å². The zero-order valence-corrected chi connectivity index (χ0v) is 12.8. The highest BCUT2D eigenvalue weighted by atomic mass is 16.5. The van der Waals surface area contributed by atoms with Gasteiger partial charge in [-0.25, -0.2) is 0 Å². The van der Waals surface area contributed by atoms with Gasteiger partial charge in [0, 0.05) is 18.7 Å². The molecule has 0 spiro atoms. The van der Waals surface area contributed by atoms with Crippen LogP contribution < -0.4 is 4.74 Å². The molecule has 5 heteroatoms. The highest BCUT2D eigenvalue weighted by Crippen LogP contribution is 2.15. The van der Waals surface area contributed by atoms with Crippen LogP contribution in [0, 0.1) is 0 Å². The van der Waals surface area contributed by atoms with Crippen LogP contribution in [-0.4, -0.2) is 41.1 Å². The Morgan fingerprint density at radius 3 is 2.29 bits per heavy atom. The predicted octanol–water partition coefficient (Wildman–Crippen LogP) is 2.80. The Hall–Kier alpha value is -2.04. The number of aliphatic carboxylic acids is 1. The molecule has 1 aromatic rings. The standard InChI is InChI=1S/C16H23NO4/c1-4-10-17(11-9-15(18)19)16(20)13-5-7-14(8-6-13)21-12(2)3/h5-8,12H,4,9-11H2,1-3H3,(H,18,19). The van der Waals surface area contributed by atoms with Crippen molar-refractivity contribution in [3.8, 4) is 5.75 Å². The molecule has 0 fully saturated rings. The van der Waals surface area contributed by atoms with Gasteiger partial charge < -0.3 is 14.7 Å². The van der Waals surface area contributed by atoms with Crippen LogP contribution in [-0.2, 0) is 4.79 Å². The Bertz CT molecular complexity index is 468. The van der Waals surface area contributed by atoms with Gasteiger partial charge in [-0.2, -0.15) is 0 Å². The van der Waals surface area contributed by atoms with Gasteiger partial charge in [-0.3, -0.25) is 9.59 Å². The van der Waals surface area contributed by atoms with E-state index in [-0.39, 0.29) is 25.0 Å². The number of amides is 1. The summed E-state index contributed by atoms with van der Waals surface area (Å²) >= 11 is 0. The third kappa shape index (κ3) is 5.85. The van der Waals surface area contributed by atoms with Crippen molar-refractivity contribution in [2.45, 2.75) is 39.7 Å². The molecular formula is C16H23NO4. The third-order valence-corrected chi connectivity index (χ3v) is 2.85. The second-order valence-corrected chi connectivity index (χ2v) is 5.13. The Morgan fingerprint density at radius 1 is 1.19 bits per heavy atom. The van der Waals surface area contributed by atoms with E-state index in [0.717, 1.165) is 6.42 Å². The van der Waals surface area contributed by atoms with Crippen molar-refractivity contribution in [2.75, 3.05) is 13.1 Å². The van der Waals surface area contributed by atoms with Gasteiger partial charge in [0.2, 0.25) is 0 Å². The molecule has 0 saturated heterocycles. The summed E-state index contributed by atoms with van der Waals surface area (Å²) in [6, 6.07) is 6.94. The minimum Gasteiger partial charge on any atom is -0.491 e. The number of nitrogens with zero attached hydrogens (tertiary/aromatic N) is 1. The first kappa shape index (κ1) is 17.0. The molecule has 1 rings (SSSR count). The van der Waals surface area contributed by atoms with Crippen molar-refractivity contribution in [1.82, 2.24) is 4.90 Å². The smallest absolute Gasteiger partial charge is 0.305 e. The van der Waals surface area contributed by atoms with Crippen LogP contribution in [0.4, 0.5) is 0 Å². The zero-order valence-electron chi connectivity index (χ0n) is 12.8. The summed E-state index contributed by atoms with van der Waals surface area (Å²) in [7, 11) is 0. The Balaban J connectivity index is 2.75. The number of hydrogen-bond donors (Lipinski definition) is 1. The van der Waals surface area contributed by atoms with Crippen molar-refractivity contribution < 1.29 is 19.4 Å². The van der Waals surface area contributed by atoms with Gasteiger partial charge in [0.05, 0.1) is 12.5 Å². The maximum absolute atomic E-state index is 12.4. The lowest BCUT2D eigenvalue weighted by atomic mass is 10.1. The fourth-order valence-corrected chi connectivity index (χ4v) is 1.95. The second kappa shape index (κ2) is 8.29. The monoisotopic (exact) mass is 293 g/mol. The average Bonchev–Trinajstić information content (AvgIpc) is 2.42. The third-order valence-electron chi connectivity index (χ3n) is 2.85. The summed E-state index contributed by atoms with van der Waals surface area (Å²) in [5.74, 6) is -0.326. The highest BCUT2D eigenvalue weighted by molar-refractivity contribution is 5.94. The lowest BCUT2D eigenvalue weighted by Crippen LogP contribution is -2.33. The van der Waals surface area contributed by atoms with E-state index < -0.39 is 5.97 Å². The Labute approximate surface area is 125 Å². The lowest BCUT2D eigenvalue weighted by Gasteiger charge is -2.21. The van der Waals surface area contributed by atoms with E-state index in [1.54, 1.807) is 29.2 Å². The van der Waals surface area contributed by atoms with E-state index in [1.165, 1.54) is 0 Å². The van der Waals surface area contributed by atoms with Crippen LogP contribution in [0.25, 0.3) is 0 Å². The van der Waals surface area contributed by atoms with Crippen molar-refractivity contribution in [3.63, 3.8) is 0 Å². The summed E-state index contributed by atoms with van der Waals surface area (Å²) < 4.78 is 5.53. The highest BCUT2D eigenvalue weighted by Gasteiger charge is 2.16. The number of carboxylic acid groups (broad SMARTS) is 1. The van der Waals surface area contributed by atoms with E-state index in [4.69, 9.17) is 9.84 Å². The van der Waals surface area contributed by atoms with E-state index in [1.807, 2.05) is 20.8 Å². The largest absolute Gasteiger partial charge is 0.491 e. The first-order valence-electron chi connectivity index (χ1n) is 7.21. The molecule has 0 aromatic heterocycles. The van der Waals surface area contributed by atoms with E-state index in [0.29, 0.717) is 17.9 Å². The van der Waals surface area contributed by atoms with Gasteiger partial charge >= 0.3 is 5.97 Å². The van der Waals surface area contributed by atoms with Crippen molar-refractivity contribution >= 4 is 11.9 Å². The Kier molecular flexibility index (Phi) is 6.72. The number of benzene rings is 1. The molecule has 0 radical (unpaired) electrons. The first-order valence-corrected chi connectivity index (χ1v) is 7.21. The minimum absolute atomic E-state index is 0.0414. The lowest BCUT2D eigenvalue weighted by molar-refractivity contribution is -0.137. The van der Waals surface area contributed by atoms with Crippen LogP contribution in [0.15, 0.2) is 24.3 Å². The molecule has 0 heterocycles.